The highest BCUT2D eigenvalue weighted by molar-refractivity contribution is 7.10. The zero-order valence-electron chi connectivity index (χ0n) is 18.8. The summed E-state index contributed by atoms with van der Waals surface area (Å²) in [5.41, 5.74) is 4.07. The Balaban J connectivity index is 1.83. The van der Waals surface area contributed by atoms with Crippen LogP contribution in [0.1, 0.15) is 51.3 Å². The van der Waals surface area contributed by atoms with Crippen LogP contribution in [0.5, 0.6) is 5.75 Å². The molecule has 166 valence electrons. The van der Waals surface area contributed by atoms with Crippen LogP contribution in [-0.2, 0) is 4.79 Å². The van der Waals surface area contributed by atoms with Gasteiger partial charge in [-0.15, -0.1) is 11.3 Å². The summed E-state index contributed by atoms with van der Waals surface area (Å²) >= 11 is 1.50. The second-order valence-electron chi connectivity index (χ2n) is 7.53. The minimum atomic E-state index is -0.357. The van der Waals surface area contributed by atoms with Crippen LogP contribution in [0.2, 0.25) is 0 Å². The molecule has 0 aliphatic carbocycles. The highest BCUT2D eigenvalue weighted by Crippen LogP contribution is 2.21. The highest BCUT2D eigenvalue weighted by atomic mass is 32.1. The minimum Gasteiger partial charge on any atom is -0.497 e. The maximum absolute atomic E-state index is 13.2. The van der Waals surface area contributed by atoms with Crippen molar-refractivity contribution in [1.29, 1.82) is 0 Å². The van der Waals surface area contributed by atoms with Gasteiger partial charge in [0.25, 0.3) is 11.8 Å². The number of ether oxygens (including phenoxy) is 1. The first-order valence-electron chi connectivity index (χ1n) is 10.5. The number of thiophene rings is 1. The summed E-state index contributed by atoms with van der Waals surface area (Å²) in [6.07, 6.45) is 2.43. The van der Waals surface area contributed by atoms with Gasteiger partial charge in [-0.25, -0.2) is 0 Å². The average molecular weight is 449 g/mol. The third-order valence-corrected chi connectivity index (χ3v) is 6.14. The number of rotatable bonds is 8. The van der Waals surface area contributed by atoms with E-state index in [1.165, 1.54) is 22.5 Å². The van der Waals surface area contributed by atoms with Crippen molar-refractivity contribution >= 4 is 29.2 Å². The van der Waals surface area contributed by atoms with E-state index >= 15 is 0 Å². The lowest BCUT2D eigenvalue weighted by Gasteiger charge is -2.20. The third kappa shape index (κ3) is 5.86. The Labute approximate surface area is 193 Å². The van der Waals surface area contributed by atoms with Crippen molar-refractivity contribution in [2.75, 3.05) is 7.11 Å². The molecule has 2 amide bonds. The van der Waals surface area contributed by atoms with Crippen molar-refractivity contribution in [2.45, 2.75) is 33.2 Å². The number of amides is 2. The molecule has 0 aliphatic heterocycles. The molecule has 0 spiro atoms. The molecule has 0 radical (unpaired) electrons. The first kappa shape index (κ1) is 23.3. The molecular formula is C26H28N2O3S. The zero-order valence-corrected chi connectivity index (χ0v) is 19.6. The molecule has 2 N–H and O–H groups in total. The number of aryl methyl sites for hydroxylation is 2. The van der Waals surface area contributed by atoms with Crippen molar-refractivity contribution in [3.63, 3.8) is 0 Å². The standard InChI is InChI=1S/C26H28N2O3S/c1-5-23(20-9-8-17(2)18(3)15-20)27-26(30)24(16-22-7-6-14-32-22)28-25(29)19-10-12-21(31-4)13-11-19/h6-16,23H,5H2,1-4H3,(H,27,30)(H,28,29)/b24-16-/t23-/m1/s1. The second-order valence-corrected chi connectivity index (χ2v) is 8.51. The predicted octanol–water partition coefficient (Wildman–Crippen LogP) is 5.41. The van der Waals surface area contributed by atoms with Gasteiger partial charge in [0.05, 0.1) is 13.2 Å². The molecule has 3 rings (SSSR count). The molecule has 0 saturated heterocycles. The fraction of sp³-hybridized carbons (Fsp3) is 0.231. The molecule has 0 bridgehead atoms. The van der Waals surface area contributed by atoms with Crippen LogP contribution in [0.15, 0.2) is 65.7 Å². The van der Waals surface area contributed by atoms with E-state index in [9.17, 15) is 9.59 Å². The number of carbonyl (C=O) groups excluding carboxylic acids is 2. The Morgan fingerprint density at radius 3 is 2.41 bits per heavy atom. The van der Waals surface area contributed by atoms with E-state index in [0.717, 1.165) is 16.9 Å². The molecule has 6 heteroatoms. The largest absolute Gasteiger partial charge is 0.497 e. The van der Waals surface area contributed by atoms with Crippen molar-refractivity contribution in [1.82, 2.24) is 10.6 Å². The van der Waals surface area contributed by atoms with Crippen LogP contribution in [0, 0.1) is 13.8 Å². The van der Waals surface area contributed by atoms with E-state index in [4.69, 9.17) is 4.74 Å². The van der Waals surface area contributed by atoms with Crippen molar-refractivity contribution in [2.24, 2.45) is 0 Å². The number of nitrogens with one attached hydrogen (secondary N) is 2. The van der Waals surface area contributed by atoms with Crippen molar-refractivity contribution in [3.05, 3.63) is 92.8 Å². The molecule has 32 heavy (non-hydrogen) atoms. The maximum Gasteiger partial charge on any atom is 0.268 e. The van der Waals surface area contributed by atoms with E-state index in [1.807, 2.05) is 30.5 Å². The van der Waals surface area contributed by atoms with E-state index in [0.29, 0.717) is 11.3 Å². The first-order chi connectivity index (χ1) is 15.4. The number of carbonyl (C=O) groups is 2. The summed E-state index contributed by atoms with van der Waals surface area (Å²) in [6.45, 7) is 6.15. The zero-order chi connectivity index (χ0) is 23.1. The topological polar surface area (TPSA) is 67.4 Å². The second kappa shape index (κ2) is 10.8. The lowest BCUT2D eigenvalue weighted by molar-refractivity contribution is -0.118. The molecule has 1 aromatic heterocycles. The lowest BCUT2D eigenvalue weighted by atomic mass is 9.99. The normalized spacial score (nSPS) is 12.2. The molecule has 0 saturated carbocycles. The van der Waals surface area contributed by atoms with Gasteiger partial charge in [0.1, 0.15) is 11.4 Å². The van der Waals surface area contributed by atoms with E-state index in [-0.39, 0.29) is 23.6 Å². The number of hydrogen-bond acceptors (Lipinski definition) is 4. The average Bonchev–Trinajstić information content (AvgIpc) is 3.32. The monoisotopic (exact) mass is 448 g/mol. The quantitative estimate of drug-likeness (QED) is 0.453. The van der Waals surface area contributed by atoms with Gasteiger partial charge in [-0.3, -0.25) is 9.59 Å². The first-order valence-corrected chi connectivity index (χ1v) is 11.4. The highest BCUT2D eigenvalue weighted by Gasteiger charge is 2.19. The number of methoxy groups -OCH3 is 1. The Morgan fingerprint density at radius 1 is 1.06 bits per heavy atom. The maximum atomic E-state index is 13.2. The van der Waals surface area contributed by atoms with Gasteiger partial charge >= 0.3 is 0 Å². The molecular weight excluding hydrogens is 420 g/mol. The van der Waals surface area contributed by atoms with Gasteiger partial charge in [-0.1, -0.05) is 31.2 Å². The number of benzene rings is 2. The van der Waals surface area contributed by atoms with Crippen molar-refractivity contribution < 1.29 is 14.3 Å². The predicted molar refractivity (Wildman–Crippen MR) is 130 cm³/mol. The van der Waals surface area contributed by atoms with Crippen molar-refractivity contribution in [3.8, 4) is 5.75 Å². The third-order valence-electron chi connectivity index (χ3n) is 5.32. The van der Waals surface area contributed by atoms with Gasteiger partial charge in [-0.05, 0) is 78.7 Å². The summed E-state index contributed by atoms with van der Waals surface area (Å²) in [7, 11) is 1.57. The summed E-state index contributed by atoms with van der Waals surface area (Å²) < 4.78 is 5.15. The lowest BCUT2D eigenvalue weighted by Crippen LogP contribution is -2.36. The summed E-state index contributed by atoms with van der Waals surface area (Å²) in [5.74, 6) is -0.0250. The molecule has 1 heterocycles. The van der Waals surface area contributed by atoms with E-state index in [1.54, 1.807) is 37.5 Å². The molecule has 0 aliphatic rings. The van der Waals surface area contributed by atoms with Crippen LogP contribution in [-0.4, -0.2) is 18.9 Å². The number of hydrogen-bond donors (Lipinski definition) is 2. The van der Waals surface area contributed by atoms with Crippen LogP contribution in [0.3, 0.4) is 0 Å². The van der Waals surface area contributed by atoms with Crippen LogP contribution in [0.25, 0.3) is 6.08 Å². The van der Waals surface area contributed by atoms with Gasteiger partial charge < -0.3 is 15.4 Å². The minimum absolute atomic E-state index is 0.161. The van der Waals surface area contributed by atoms with Crippen LogP contribution in [0.4, 0.5) is 0 Å². The Bertz CT molecular complexity index is 1100. The summed E-state index contributed by atoms with van der Waals surface area (Å²) in [6, 6.07) is 16.6. The fourth-order valence-electron chi connectivity index (χ4n) is 3.25. The molecule has 1 atom stereocenters. The van der Waals surface area contributed by atoms with Crippen LogP contribution >= 0.6 is 11.3 Å². The van der Waals surface area contributed by atoms with Gasteiger partial charge in [0, 0.05) is 10.4 Å². The van der Waals surface area contributed by atoms with E-state index < -0.39 is 0 Å². The molecule has 5 nitrogen and oxygen atoms in total. The molecule has 0 fully saturated rings. The molecule has 3 aromatic rings. The Morgan fingerprint density at radius 2 is 1.81 bits per heavy atom. The Hall–Kier alpha value is -3.38. The van der Waals surface area contributed by atoms with Crippen LogP contribution < -0.4 is 15.4 Å². The summed E-state index contributed by atoms with van der Waals surface area (Å²) in [4.78, 5) is 26.9. The smallest absolute Gasteiger partial charge is 0.268 e. The SMILES string of the molecule is CC[C@@H](NC(=O)/C(=C/c1cccs1)NC(=O)c1ccc(OC)cc1)c1ccc(C)c(C)c1. The molecule has 0 unspecified atom stereocenters. The van der Waals surface area contributed by atoms with Gasteiger partial charge in [-0.2, -0.15) is 0 Å². The van der Waals surface area contributed by atoms with Gasteiger partial charge in [0.15, 0.2) is 0 Å². The van der Waals surface area contributed by atoms with Gasteiger partial charge in [0.2, 0.25) is 0 Å². The van der Waals surface area contributed by atoms with E-state index in [2.05, 4.69) is 36.6 Å². The molecule has 2 aromatic carbocycles. The Kier molecular flexibility index (Phi) is 7.84. The summed E-state index contributed by atoms with van der Waals surface area (Å²) in [5, 5.41) is 7.79. The fourth-order valence-corrected chi connectivity index (χ4v) is 3.91.